The van der Waals surface area contributed by atoms with Gasteiger partial charge in [0, 0.05) is 5.56 Å². The molecule has 1 fully saturated rings. The van der Waals surface area contributed by atoms with E-state index in [-0.39, 0.29) is 12.1 Å². The Labute approximate surface area is 88.0 Å². The molecule has 0 amide bonds. The van der Waals surface area contributed by atoms with Crippen molar-refractivity contribution in [2.75, 3.05) is 13.2 Å². The molecule has 0 spiro atoms. The molecule has 1 aromatic carbocycles. The Morgan fingerprint density at radius 1 is 1.53 bits per heavy atom. The summed E-state index contributed by atoms with van der Waals surface area (Å²) in [5, 5.41) is 0. The number of ether oxygens (including phenoxy) is 2. The molecular formula is C12H10O3. The monoisotopic (exact) mass is 202 g/mol. The number of hydrogen-bond donors (Lipinski definition) is 0. The number of hydrogen-bond acceptors (Lipinski definition) is 3. The van der Waals surface area contributed by atoms with Crippen LogP contribution in [-0.4, -0.2) is 25.3 Å². The van der Waals surface area contributed by atoms with E-state index < -0.39 is 0 Å². The van der Waals surface area contributed by atoms with Crippen molar-refractivity contribution in [2.24, 2.45) is 0 Å². The van der Waals surface area contributed by atoms with Crippen LogP contribution in [0.3, 0.4) is 0 Å². The van der Waals surface area contributed by atoms with Crippen molar-refractivity contribution < 1.29 is 14.3 Å². The second kappa shape index (κ2) is 4.16. The van der Waals surface area contributed by atoms with Crippen molar-refractivity contribution in [3.63, 3.8) is 0 Å². The van der Waals surface area contributed by atoms with Crippen LogP contribution in [0.2, 0.25) is 0 Å². The first kappa shape index (κ1) is 9.75. The molecule has 76 valence electrons. The van der Waals surface area contributed by atoms with Crippen LogP contribution >= 0.6 is 0 Å². The van der Waals surface area contributed by atoms with E-state index in [1.54, 1.807) is 24.3 Å². The van der Waals surface area contributed by atoms with Gasteiger partial charge in [0.15, 0.2) is 0 Å². The smallest absolute Gasteiger partial charge is 0.338 e. The van der Waals surface area contributed by atoms with Crippen molar-refractivity contribution in [1.29, 1.82) is 0 Å². The third-order valence-electron chi connectivity index (χ3n) is 2.09. The van der Waals surface area contributed by atoms with Gasteiger partial charge in [0.25, 0.3) is 0 Å². The van der Waals surface area contributed by atoms with Gasteiger partial charge in [-0.25, -0.2) is 4.79 Å². The predicted octanol–water partition coefficient (Wildman–Crippen LogP) is 1.22. The van der Waals surface area contributed by atoms with Crippen LogP contribution in [0, 0.1) is 12.3 Å². The first-order valence-corrected chi connectivity index (χ1v) is 4.65. The summed E-state index contributed by atoms with van der Waals surface area (Å²) in [5.41, 5.74) is 1.26. The van der Waals surface area contributed by atoms with Gasteiger partial charge >= 0.3 is 5.97 Å². The maximum absolute atomic E-state index is 11.4. The van der Waals surface area contributed by atoms with Crippen LogP contribution in [0.4, 0.5) is 0 Å². The standard InChI is InChI=1S/C12H10O3/c1-2-9-3-5-10(6-4-9)12(13)15-8-11-7-14-11/h1,3-6,11H,7-8H2. The van der Waals surface area contributed by atoms with E-state index in [2.05, 4.69) is 5.92 Å². The van der Waals surface area contributed by atoms with Crippen molar-refractivity contribution >= 4 is 5.97 Å². The molecule has 0 radical (unpaired) electrons. The zero-order valence-corrected chi connectivity index (χ0v) is 8.10. The normalized spacial score (nSPS) is 17.9. The Bertz CT molecular complexity index is 396. The van der Waals surface area contributed by atoms with Gasteiger partial charge in [-0.05, 0) is 24.3 Å². The summed E-state index contributed by atoms with van der Waals surface area (Å²) in [4.78, 5) is 11.4. The molecule has 1 unspecified atom stereocenters. The fraction of sp³-hybridized carbons (Fsp3) is 0.250. The molecule has 3 heteroatoms. The van der Waals surface area contributed by atoms with Crippen LogP contribution in [-0.2, 0) is 9.47 Å². The molecule has 0 aromatic heterocycles. The number of terminal acetylenes is 1. The molecule has 0 bridgehead atoms. The summed E-state index contributed by atoms with van der Waals surface area (Å²) in [7, 11) is 0. The predicted molar refractivity (Wildman–Crippen MR) is 54.4 cm³/mol. The minimum atomic E-state index is -0.339. The van der Waals surface area contributed by atoms with Crippen molar-refractivity contribution in [3.8, 4) is 12.3 Å². The lowest BCUT2D eigenvalue weighted by molar-refractivity contribution is 0.0476. The molecular weight excluding hydrogens is 192 g/mol. The molecule has 1 aliphatic heterocycles. The zero-order chi connectivity index (χ0) is 10.7. The second-order valence-electron chi connectivity index (χ2n) is 3.28. The Kier molecular flexibility index (Phi) is 2.70. The third-order valence-corrected chi connectivity index (χ3v) is 2.09. The summed E-state index contributed by atoms with van der Waals surface area (Å²) in [6.45, 7) is 1.01. The minimum absolute atomic E-state index is 0.0962. The van der Waals surface area contributed by atoms with E-state index in [0.717, 1.165) is 5.56 Å². The van der Waals surface area contributed by atoms with Gasteiger partial charge in [0.05, 0.1) is 12.2 Å². The first-order valence-electron chi connectivity index (χ1n) is 4.65. The van der Waals surface area contributed by atoms with E-state index in [9.17, 15) is 4.79 Å². The number of epoxide rings is 1. The van der Waals surface area contributed by atoms with Crippen LogP contribution < -0.4 is 0 Å². The summed E-state index contributed by atoms with van der Waals surface area (Å²) < 4.78 is 9.94. The highest BCUT2D eigenvalue weighted by Gasteiger charge is 2.24. The molecule has 1 saturated heterocycles. The number of carbonyl (C=O) groups excluding carboxylic acids is 1. The molecule has 3 nitrogen and oxygen atoms in total. The van der Waals surface area contributed by atoms with Gasteiger partial charge in [-0.1, -0.05) is 5.92 Å². The summed E-state index contributed by atoms with van der Waals surface area (Å²) in [5.74, 6) is 2.14. The highest BCUT2D eigenvalue weighted by atomic mass is 16.6. The first-order chi connectivity index (χ1) is 7.29. The number of rotatable bonds is 3. The lowest BCUT2D eigenvalue weighted by Gasteiger charge is -2.02. The fourth-order valence-electron chi connectivity index (χ4n) is 1.12. The molecule has 0 N–H and O–H groups in total. The van der Waals surface area contributed by atoms with E-state index in [0.29, 0.717) is 18.8 Å². The maximum atomic E-state index is 11.4. The average Bonchev–Trinajstić information content (AvgIpc) is 3.10. The minimum Gasteiger partial charge on any atom is -0.459 e. The largest absolute Gasteiger partial charge is 0.459 e. The number of carbonyl (C=O) groups is 1. The van der Waals surface area contributed by atoms with Gasteiger partial charge in [-0.2, -0.15) is 0 Å². The van der Waals surface area contributed by atoms with Gasteiger partial charge in [0.2, 0.25) is 0 Å². The molecule has 1 atom stereocenters. The highest BCUT2D eigenvalue weighted by molar-refractivity contribution is 5.89. The molecule has 0 saturated carbocycles. The SMILES string of the molecule is C#Cc1ccc(C(=O)OCC2CO2)cc1. The Balaban J connectivity index is 1.95. The second-order valence-corrected chi connectivity index (χ2v) is 3.28. The van der Waals surface area contributed by atoms with E-state index in [1.807, 2.05) is 0 Å². The molecule has 15 heavy (non-hydrogen) atoms. The Morgan fingerprint density at radius 3 is 2.73 bits per heavy atom. The summed E-state index contributed by atoms with van der Waals surface area (Å²) >= 11 is 0. The summed E-state index contributed by atoms with van der Waals surface area (Å²) in [6.07, 6.45) is 5.30. The zero-order valence-electron chi connectivity index (χ0n) is 8.10. The maximum Gasteiger partial charge on any atom is 0.338 e. The molecule has 2 rings (SSSR count). The van der Waals surface area contributed by atoms with Crippen molar-refractivity contribution in [1.82, 2.24) is 0 Å². The van der Waals surface area contributed by atoms with E-state index in [1.165, 1.54) is 0 Å². The third kappa shape index (κ3) is 2.58. The van der Waals surface area contributed by atoms with Gasteiger partial charge < -0.3 is 9.47 Å². The average molecular weight is 202 g/mol. The molecule has 0 aliphatic carbocycles. The molecule has 1 aliphatic rings. The van der Waals surface area contributed by atoms with Crippen LogP contribution in [0.1, 0.15) is 15.9 Å². The number of esters is 1. The van der Waals surface area contributed by atoms with Gasteiger partial charge in [-0.15, -0.1) is 6.42 Å². The molecule has 1 aromatic rings. The lowest BCUT2D eigenvalue weighted by Crippen LogP contribution is -2.09. The van der Waals surface area contributed by atoms with Crippen LogP contribution in [0.25, 0.3) is 0 Å². The summed E-state index contributed by atoms with van der Waals surface area (Å²) in [6, 6.07) is 6.74. The van der Waals surface area contributed by atoms with Crippen molar-refractivity contribution in [3.05, 3.63) is 35.4 Å². The topological polar surface area (TPSA) is 38.8 Å². The van der Waals surface area contributed by atoms with Gasteiger partial charge in [-0.3, -0.25) is 0 Å². The van der Waals surface area contributed by atoms with E-state index >= 15 is 0 Å². The van der Waals surface area contributed by atoms with Crippen LogP contribution in [0.5, 0.6) is 0 Å². The quantitative estimate of drug-likeness (QED) is 0.420. The van der Waals surface area contributed by atoms with Crippen molar-refractivity contribution in [2.45, 2.75) is 6.10 Å². The highest BCUT2D eigenvalue weighted by Crippen LogP contribution is 2.11. The van der Waals surface area contributed by atoms with Crippen LogP contribution in [0.15, 0.2) is 24.3 Å². The Morgan fingerprint density at radius 2 is 2.20 bits per heavy atom. The Hall–Kier alpha value is -1.79. The number of benzene rings is 1. The van der Waals surface area contributed by atoms with Gasteiger partial charge in [0.1, 0.15) is 12.7 Å². The fourth-order valence-corrected chi connectivity index (χ4v) is 1.12. The molecule has 1 heterocycles. The van der Waals surface area contributed by atoms with E-state index in [4.69, 9.17) is 15.9 Å². The lowest BCUT2D eigenvalue weighted by atomic mass is 10.1.